The number of aromatic amines is 1. The van der Waals surface area contributed by atoms with Crippen molar-refractivity contribution in [2.75, 3.05) is 7.05 Å². The first kappa shape index (κ1) is 17.9. The lowest BCUT2D eigenvalue weighted by Crippen LogP contribution is -2.23. The number of hydrogen-bond acceptors (Lipinski definition) is 3. The minimum atomic E-state index is -0.382. The highest BCUT2D eigenvalue weighted by molar-refractivity contribution is 6.30. The van der Waals surface area contributed by atoms with E-state index < -0.39 is 0 Å². The molecular weight excluding hydrogens is 354 g/mol. The summed E-state index contributed by atoms with van der Waals surface area (Å²) in [6.07, 6.45) is 3.08. The van der Waals surface area contributed by atoms with Crippen LogP contribution in [-0.2, 0) is 4.79 Å². The van der Waals surface area contributed by atoms with E-state index in [0.29, 0.717) is 24.1 Å². The maximum absolute atomic E-state index is 11.9. The number of amides is 2. The second kappa shape index (κ2) is 7.58. The van der Waals surface area contributed by atoms with Gasteiger partial charge in [0.15, 0.2) is 0 Å². The predicted molar refractivity (Wildman–Crippen MR) is 100 cm³/mol. The highest BCUT2D eigenvalue weighted by atomic mass is 35.5. The number of carbonyl (C=O) groups excluding carboxylic acids is 2. The molecule has 134 valence electrons. The monoisotopic (exact) mass is 371 g/mol. The number of carbonyl (C=O) groups is 2. The van der Waals surface area contributed by atoms with E-state index in [4.69, 9.17) is 11.6 Å². The Balaban J connectivity index is 2.03. The van der Waals surface area contributed by atoms with Gasteiger partial charge >= 0.3 is 0 Å². The van der Waals surface area contributed by atoms with Gasteiger partial charge in [-0.2, -0.15) is 0 Å². The fraction of sp³-hybridized carbons (Fsp3) is 0.211. The summed E-state index contributed by atoms with van der Waals surface area (Å²) in [6, 6.07) is 10.2. The van der Waals surface area contributed by atoms with Gasteiger partial charge in [0, 0.05) is 36.3 Å². The lowest BCUT2D eigenvalue weighted by molar-refractivity contribution is -0.119. The van der Waals surface area contributed by atoms with E-state index in [0.717, 1.165) is 11.1 Å². The topological polar surface area (TPSA) is 91.1 Å². The third kappa shape index (κ3) is 3.86. The number of benzene rings is 1. The summed E-state index contributed by atoms with van der Waals surface area (Å²) >= 11 is 5.83. The lowest BCUT2D eigenvalue weighted by Gasteiger charge is -2.13. The van der Waals surface area contributed by atoms with Crippen LogP contribution in [0.4, 0.5) is 0 Å². The Bertz CT molecular complexity index is 932. The molecule has 2 heterocycles. The average Bonchev–Trinajstić information content (AvgIpc) is 3.06. The van der Waals surface area contributed by atoms with Gasteiger partial charge in [0.2, 0.25) is 5.91 Å². The molecule has 2 amide bonds. The summed E-state index contributed by atoms with van der Waals surface area (Å²) < 4.78 is 0. The SMILES string of the molecule is CNC(=O)c1ccc(/C(=C\[C@H]2CCC(=O)N2)c2ccc(Cl)c(=O)[nH]2)cc1. The fourth-order valence-corrected chi connectivity index (χ4v) is 2.97. The molecule has 6 nitrogen and oxygen atoms in total. The number of hydrogen-bond donors (Lipinski definition) is 3. The summed E-state index contributed by atoms with van der Waals surface area (Å²) in [5, 5.41) is 5.58. The van der Waals surface area contributed by atoms with Crippen LogP contribution < -0.4 is 16.2 Å². The predicted octanol–water partition coefficient (Wildman–Crippen LogP) is 2.10. The fourth-order valence-electron chi connectivity index (χ4n) is 2.86. The third-order valence-electron chi connectivity index (χ3n) is 4.23. The molecule has 7 heteroatoms. The number of nitrogens with one attached hydrogen (secondary N) is 3. The number of rotatable bonds is 4. The van der Waals surface area contributed by atoms with Crippen molar-refractivity contribution >= 4 is 29.0 Å². The van der Waals surface area contributed by atoms with Gasteiger partial charge in [0.05, 0.1) is 0 Å². The highest BCUT2D eigenvalue weighted by Gasteiger charge is 2.20. The molecular formula is C19H18ClN3O3. The Labute approximate surface area is 155 Å². The second-order valence-corrected chi connectivity index (χ2v) is 6.41. The van der Waals surface area contributed by atoms with Crippen molar-refractivity contribution in [3.05, 3.63) is 74.7 Å². The largest absolute Gasteiger partial charge is 0.355 e. The first-order chi connectivity index (χ1) is 12.5. The molecule has 1 saturated heterocycles. The van der Waals surface area contributed by atoms with Gasteiger partial charge in [-0.1, -0.05) is 29.8 Å². The maximum atomic E-state index is 11.9. The van der Waals surface area contributed by atoms with E-state index in [9.17, 15) is 14.4 Å². The molecule has 0 unspecified atom stereocenters. The average molecular weight is 372 g/mol. The van der Waals surface area contributed by atoms with Crippen LogP contribution in [0, 0.1) is 0 Å². The molecule has 1 aliphatic heterocycles. The van der Waals surface area contributed by atoms with E-state index in [2.05, 4.69) is 15.6 Å². The summed E-state index contributed by atoms with van der Waals surface area (Å²) in [6.45, 7) is 0. The van der Waals surface area contributed by atoms with Crippen LogP contribution in [0.2, 0.25) is 5.02 Å². The molecule has 1 fully saturated rings. The first-order valence-corrected chi connectivity index (χ1v) is 8.58. The van der Waals surface area contributed by atoms with Crippen molar-refractivity contribution in [3.8, 4) is 0 Å². The Morgan fingerprint density at radius 1 is 1.15 bits per heavy atom. The lowest BCUT2D eigenvalue weighted by atomic mass is 9.98. The van der Waals surface area contributed by atoms with E-state index in [1.165, 1.54) is 6.07 Å². The van der Waals surface area contributed by atoms with Crippen LogP contribution in [0.15, 0.2) is 47.3 Å². The van der Waals surface area contributed by atoms with Crippen LogP contribution in [0.5, 0.6) is 0 Å². The van der Waals surface area contributed by atoms with Gasteiger partial charge in [-0.25, -0.2) is 0 Å². The molecule has 1 aliphatic rings. The van der Waals surface area contributed by atoms with Crippen LogP contribution in [0.1, 0.15) is 34.5 Å². The molecule has 0 saturated carbocycles. The van der Waals surface area contributed by atoms with E-state index in [1.54, 1.807) is 37.4 Å². The van der Waals surface area contributed by atoms with Crippen molar-refractivity contribution in [2.45, 2.75) is 18.9 Å². The quantitative estimate of drug-likeness (QED) is 0.768. The van der Waals surface area contributed by atoms with Crippen molar-refractivity contribution in [1.29, 1.82) is 0 Å². The maximum Gasteiger partial charge on any atom is 0.267 e. The number of aromatic nitrogens is 1. The van der Waals surface area contributed by atoms with Crippen LogP contribution in [0.3, 0.4) is 0 Å². The number of pyridine rings is 1. The molecule has 1 aromatic carbocycles. The van der Waals surface area contributed by atoms with Crippen molar-refractivity contribution < 1.29 is 9.59 Å². The van der Waals surface area contributed by atoms with E-state index in [-0.39, 0.29) is 28.4 Å². The Hall–Kier alpha value is -2.86. The molecule has 0 bridgehead atoms. The molecule has 0 spiro atoms. The van der Waals surface area contributed by atoms with Gasteiger partial charge in [-0.15, -0.1) is 0 Å². The standard InChI is InChI=1S/C19H18ClN3O3/c1-21-18(25)12-4-2-11(3-5-12)14(10-13-6-9-17(24)22-13)16-8-7-15(20)19(26)23-16/h2-5,7-8,10,13H,6,9H2,1H3,(H,21,25)(H,22,24)(H,23,26)/b14-10+/t13-/m1/s1. The molecule has 0 aliphatic carbocycles. The molecule has 3 N–H and O–H groups in total. The van der Waals surface area contributed by atoms with E-state index >= 15 is 0 Å². The number of H-pyrrole nitrogens is 1. The Morgan fingerprint density at radius 3 is 2.42 bits per heavy atom. The normalized spacial score (nSPS) is 17.1. The van der Waals surface area contributed by atoms with Gasteiger partial charge in [0.1, 0.15) is 5.02 Å². The molecule has 0 radical (unpaired) electrons. The van der Waals surface area contributed by atoms with Crippen molar-refractivity contribution in [1.82, 2.24) is 15.6 Å². The van der Waals surface area contributed by atoms with Crippen molar-refractivity contribution in [2.24, 2.45) is 0 Å². The van der Waals surface area contributed by atoms with Crippen LogP contribution in [0.25, 0.3) is 5.57 Å². The zero-order valence-electron chi connectivity index (χ0n) is 14.1. The smallest absolute Gasteiger partial charge is 0.267 e. The van der Waals surface area contributed by atoms with Crippen LogP contribution >= 0.6 is 11.6 Å². The summed E-state index contributed by atoms with van der Waals surface area (Å²) in [5.74, 6) is -0.171. The zero-order chi connectivity index (χ0) is 18.7. The van der Waals surface area contributed by atoms with Gasteiger partial charge in [0.25, 0.3) is 11.5 Å². The molecule has 1 aromatic heterocycles. The summed E-state index contributed by atoms with van der Waals surface area (Å²) in [5.41, 5.74) is 2.32. The third-order valence-corrected chi connectivity index (χ3v) is 4.53. The molecule has 1 atom stereocenters. The Morgan fingerprint density at radius 2 is 1.85 bits per heavy atom. The molecule has 2 aromatic rings. The Kier molecular flexibility index (Phi) is 5.23. The van der Waals surface area contributed by atoms with Gasteiger partial charge in [-0.3, -0.25) is 14.4 Å². The second-order valence-electron chi connectivity index (χ2n) is 6.00. The highest BCUT2D eigenvalue weighted by Crippen LogP contribution is 2.25. The summed E-state index contributed by atoms with van der Waals surface area (Å²) in [7, 11) is 1.57. The molecule has 3 rings (SSSR count). The zero-order valence-corrected chi connectivity index (χ0v) is 14.9. The summed E-state index contributed by atoms with van der Waals surface area (Å²) in [4.78, 5) is 37.9. The number of halogens is 1. The van der Waals surface area contributed by atoms with Gasteiger partial charge < -0.3 is 15.6 Å². The minimum Gasteiger partial charge on any atom is -0.355 e. The van der Waals surface area contributed by atoms with Crippen molar-refractivity contribution in [3.63, 3.8) is 0 Å². The molecule has 26 heavy (non-hydrogen) atoms. The minimum absolute atomic E-state index is 0.00478. The van der Waals surface area contributed by atoms with Gasteiger partial charge in [-0.05, 0) is 36.2 Å². The van der Waals surface area contributed by atoms with Crippen LogP contribution in [-0.4, -0.2) is 29.9 Å². The first-order valence-electron chi connectivity index (χ1n) is 8.21. The van der Waals surface area contributed by atoms with E-state index in [1.807, 2.05) is 6.08 Å².